The molecule has 38 heavy (non-hydrogen) atoms. The van der Waals surface area contributed by atoms with E-state index in [4.69, 9.17) is 25.1 Å². The number of nitrogens with two attached hydrogens (primary N) is 3. The summed E-state index contributed by atoms with van der Waals surface area (Å²) in [6, 6.07) is 0. The predicted octanol–water partition coefficient (Wildman–Crippen LogP) is 5.04. The Morgan fingerprint density at radius 3 is 1.95 bits per heavy atom. The van der Waals surface area contributed by atoms with Crippen molar-refractivity contribution in [3.63, 3.8) is 0 Å². The minimum absolute atomic E-state index is 0. The number of nitrogen functional groups attached to an aromatic ring is 1. The molecule has 0 radical (unpaired) electrons. The van der Waals surface area contributed by atoms with Gasteiger partial charge in [0, 0.05) is 18.6 Å². The average molecular weight is 709 g/mol. The van der Waals surface area contributed by atoms with Crippen LogP contribution in [0.25, 0.3) is 0 Å². The quantitative estimate of drug-likeness (QED) is 0.224. The van der Waals surface area contributed by atoms with E-state index in [1.807, 2.05) is 33.1 Å². The van der Waals surface area contributed by atoms with E-state index in [1.54, 1.807) is 0 Å². The molecule has 7 N–H and O–H groups in total. The maximum atomic E-state index is 10.7. The molecule has 13 heteroatoms. The average Bonchev–Trinajstić information content (AvgIpc) is 3.30. The summed E-state index contributed by atoms with van der Waals surface area (Å²) in [6.45, 7) is 10.2. The maximum Gasteiger partial charge on any atom is 0.180 e. The summed E-state index contributed by atoms with van der Waals surface area (Å²) in [5.74, 6) is 0.164. The number of ketones is 1. The van der Waals surface area contributed by atoms with Crippen LogP contribution in [0.2, 0.25) is 0 Å². The Hall–Kier alpha value is -0.410. The largest absolute Gasteiger partial charge is 0.394 e. The highest BCUT2D eigenvalue weighted by Crippen LogP contribution is 2.28. The molecule has 0 amide bonds. The summed E-state index contributed by atoms with van der Waals surface area (Å²) in [4.78, 5) is 15.0. The minimum Gasteiger partial charge on any atom is -0.394 e. The number of halogens is 2. The lowest BCUT2D eigenvalue weighted by molar-refractivity contribution is -0.117. The normalized spacial score (nSPS) is 19.1. The zero-order valence-electron chi connectivity index (χ0n) is 22.3. The summed E-state index contributed by atoms with van der Waals surface area (Å²) in [6.07, 6.45) is 7.29. The molecule has 0 aromatic carbocycles. The number of aromatic nitrogens is 1. The molecule has 2 unspecified atom stereocenters. The van der Waals surface area contributed by atoms with E-state index in [2.05, 4.69) is 60.5 Å². The Morgan fingerprint density at radius 2 is 1.66 bits per heavy atom. The van der Waals surface area contributed by atoms with Crippen molar-refractivity contribution >= 4 is 71.4 Å². The molecule has 1 aromatic rings. The van der Waals surface area contributed by atoms with Crippen molar-refractivity contribution in [1.29, 1.82) is 0 Å². The van der Waals surface area contributed by atoms with Crippen LogP contribution in [0.15, 0.2) is 5.38 Å². The van der Waals surface area contributed by atoms with E-state index in [1.165, 1.54) is 30.6 Å². The predicted molar refractivity (Wildman–Crippen MR) is 169 cm³/mol. The molecule has 0 aliphatic carbocycles. The number of anilines is 1. The molecule has 2 fully saturated rings. The Kier molecular flexibility index (Phi) is 22.3. The van der Waals surface area contributed by atoms with Crippen molar-refractivity contribution in [3.05, 3.63) is 11.1 Å². The SMILES string of the molecule is C.CC(C)(Br)C(=O)CBr.CC(C)(OCC1CCCCO1)c1csc(N)n1.NC(N)=S.OCC1CCCCO1. The number of rotatable bonds is 7. The first-order chi connectivity index (χ1) is 17.2. The second kappa shape index (κ2) is 21.4. The molecule has 2 aliphatic rings. The molecule has 224 valence electrons. The third-order valence-corrected chi connectivity index (χ3v) is 6.93. The Bertz CT molecular complexity index is 763. The van der Waals surface area contributed by atoms with E-state index < -0.39 is 5.60 Å². The van der Waals surface area contributed by atoms with Gasteiger partial charge in [-0.15, -0.1) is 11.3 Å². The number of aliphatic hydroxyl groups is 1. The van der Waals surface area contributed by atoms with E-state index >= 15 is 0 Å². The van der Waals surface area contributed by atoms with Crippen LogP contribution in [0, 0.1) is 0 Å². The first-order valence-electron chi connectivity index (χ1n) is 12.3. The first-order valence-corrected chi connectivity index (χ1v) is 15.5. The minimum atomic E-state index is -0.394. The van der Waals surface area contributed by atoms with E-state index in [0.29, 0.717) is 17.1 Å². The molecular weight excluding hydrogens is 660 g/mol. The highest BCUT2D eigenvalue weighted by Gasteiger charge is 2.26. The Balaban J connectivity index is 0. The van der Waals surface area contributed by atoms with E-state index in [0.717, 1.165) is 38.2 Å². The van der Waals surface area contributed by atoms with Crippen LogP contribution in [0.5, 0.6) is 0 Å². The van der Waals surface area contributed by atoms with Crippen molar-refractivity contribution < 1.29 is 24.1 Å². The molecule has 2 atom stereocenters. The summed E-state index contributed by atoms with van der Waals surface area (Å²) in [7, 11) is 0. The molecule has 0 bridgehead atoms. The van der Waals surface area contributed by atoms with Crippen molar-refractivity contribution in [2.24, 2.45) is 11.5 Å². The van der Waals surface area contributed by atoms with Gasteiger partial charge in [0.05, 0.1) is 40.8 Å². The van der Waals surface area contributed by atoms with Crippen molar-refractivity contribution in [1.82, 2.24) is 4.98 Å². The van der Waals surface area contributed by atoms with E-state index in [-0.39, 0.29) is 41.5 Å². The lowest BCUT2D eigenvalue weighted by Crippen LogP contribution is -2.31. The number of hydrogen-bond acceptors (Lipinski definition) is 9. The van der Waals surface area contributed by atoms with Gasteiger partial charge in [-0.2, -0.15) is 0 Å². The van der Waals surface area contributed by atoms with Crippen LogP contribution in [-0.4, -0.2) is 69.3 Å². The number of carbonyl (C=O) groups is 1. The maximum absolute atomic E-state index is 10.7. The van der Waals surface area contributed by atoms with Crippen molar-refractivity contribution in [2.45, 2.75) is 95.8 Å². The van der Waals surface area contributed by atoms with Gasteiger partial charge in [-0.05, 0) is 78.4 Å². The number of nitrogens with zero attached hydrogens (tertiary/aromatic N) is 1. The number of thiazole rings is 1. The number of carbonyl (C=O) groups excluding carboxylic acids is 1. The lowest BCUT2D eigenvalue weighted by Gasteiger charge is -2.28. The first kappa shape index (κ1) is 39.7. The fourth-order valence-electron chi connectivity index (χ4n) is 2.99. The summed E-state index contributed by atoms with van der Waals surface area (Å²) < 4.78 is 16.4. The fourth-order valence-corrected chi connectivity index (χ4v) is 4.93. The van der Waals surface area contributed by atoms with Crippen LogP contribution in [0.3, 0.4) is 0 Å². The smallest absolute Gasteiger partial charge is 0.180 e. The van der Waals surface area contributed by atoms with E-state index in [9.17, 15) is 4.79 Å². The van der Waals surface area contributed by atoms with Crippen molar-refractivity contribution in [2.75, 3.05) is 37.5 Å². The number of thiocarbonyl (C=S) groups is 1. The van der Waals surface area contributed by atoms with Crippen molar-refractivity contribution in [3.8, 4) is 0 Å². The van der Waals surface area contributed by atoms with Gasteiger partial charge in [0.15, 0.2) is 16.0 Å². The van der Waals surface area contributed by atoms with Crippen LogP contribution in [0.4, 0.5) is 5.13 Å². The van der Waals surface area contributed by atoms with Gasteiger partial charge in [0.1, 0.15) is 5.60 Å². The number of ether oxygens (including phenoxy) is 3. The van der Waals surface area contributed by atoms with Gasteiger partial charge < -0.3 is 36.5 Å². The molecular formula is C25H48Br2N4O5S2. The second-order valence-electron chi connectivity index (χ2n) is 9.48. The molecule has 3 rings (SSSR count). The summed E-state index contributed by atoms with van der Waals surface area (Å²) >= 11 is 11.8. The number of aliphatic hydroxyl groups excluding tert-OH is 1. The van der Waals surface area contributed by atoms with Crippen LogP contribution < -0.4 is 17.2 Å². The van der Waals surface area contributed by atoms with Gasteiger partial charge >= 0.3 is 0 Å². The third kappa shape index (κ3) is 19.6. The number of alkyl halides is 2. The fraction of sp³-hybridized carbons (Fsp3) is 0.800. The summed E-state index contributed by atoms with van der Waals surface area (Å²) in [5.41, 5.74) is 15.4. The van der Waals surface area contributed by atoms with Gasteiger partial charge in [-0.1, -0.05) is 39.3 Å². The molecule has 0 saturated carbocycles. The molecule has 1 aromatic heterocycles. The van der Waals surface area contributed by atoms with Gasteiger partial charge in [-0.25, -0.2) is 4.98 Å². The summed E-state index contributed by atoms with van der Waals surface area (Å²) in [5, 5.41) is 11.5. The topological polar surface area (TPSA) is 156 Å². The number of hydrogen-bond donors (Lipinski definition) is 4. The van der Waals surface area contributed by atoms with Crippen LogP contribution in [-0.2, 0) is 24.6 Å². The zero-order valence-corrected chi connectivity index (χ0v) is 27.1. The molecule has 0 spiro atoms. The lowest BCUT2D eigenvalue weighted by atomic mass is 10.1. The van der Waals surface area contributed by atoms with Crippen LogP contribution >= 0.6 is 55.4 Å². The molecule has 2 aliphatic heterocycles. The molecule has 3 heterocycles. The zero-order chi connectivity index (χ0) is 28.5. The standard InChI is InChI=1S/C12H20N2O2S.C6H12O2.C5H8Br2O.CH4N2S.CH4/c1-12(2,10-8-17-11(13)14-10)16-7-9-5-3-4-6-15-9;7-5-6-3-1-2-4-8-6;1-5(2,7)4(8)3-6;2-1(3)4;/h8-9H,3-7H2,1-2H3,(H2,13,14);6-7H,1-5H2;3H2,1-2H3;(H4,2,3,4);1H4. The number of Topliss-reactive ketones (excluding diaryl/α,β-unsaturated/α-hetero) is 1. The molecule has 9 nitrogen and oxygen atoms in total. The van der Waals surface area contributed by atoms with Crippen LogP contribution in [0.1, 0.15) is 79.3 Å². The molecule has 2 saturated heterocycles. The van der Waals surface area contributed by atoms with Gasteiger partial charge in [0.25, 0.3) is 0 Å². The highest BCUT2D eigenvalue weighted by molar-refractivity contribution is 9.10. The monoisotopic (exact) mass is 706 g/mol. The highest BCUT2D eigenvalue weighted by atomic mass is 79.9. The van der Waals surface area contributed by atoms with Gasteiger partial charge in [-0.3, -0.25) is 4.79 Å². The second-order valence-corrected chi connectivity index (χ2v) is 13.4. The van der Waals surface area contributed by atoms with Gasteiger partial charge in [0.2, 0.25) is 0 Å². The third-order valence-electron chi connectivity index (χ3n) is 5.30. The Morgan fingerprint density at radius 1 is 1.16 bits per heavy atom. The Labute approximate surface area is 255 Å².